The average Bonchev–Trinajstić information content (AvgIpc) is 3.03. The Labute approximate surface area is 150 Å². The summed E-state index contributed by atoms with van der Waals surface area (Å²) in [6, 6.07) is 7.94. The predicted molar refractivity (Wildman–Crippen MR) is 103 cm³/mol. The van der Waals surface area contributed by atoms with E-state index in [0.717, 1.165) is 27.2 Å². The maximum atomic E-state index is 12.2. The average molecular weight is 353 g/mol. The summed E-state index contributed by atoms with van der Waals surface area (Å²) in [6.45, 7) is 5.55. The summed E-state index contributed by atoms with van der Waals surface area (Å²) in [6.07, 6.45) is 7.48. The zero-order valence-corrected chi connectivity index (χ0v) is 14.6. The van der Waals surface area contributed by atoms with Crippen LogP contribution in [0.2, 0.25) is 0 Å². The zero-order chi connectivity index (χ0) is 18.1. The van der Waals surface area contributed by atoms with Gasteiger partial charge in [-0.25, -0.2) is 0 Å². The molecule has 0 aliphatic rings. The highest BCUT2D eigenvalue weighted by Crippen LogP contribution is 2.28. The van der Waals surface area contributed by atoms with E-state index in [1.54, 1.807) is 23.6 Å². The number of carbonyl (C=O) groups excluding carboxylic acids is 1. The highest BCUT2D eigenvalue weighted by Gasteiger charge is 2.09. The summed E-state index contributed by atoms with van der Waals surface area (Å²) < 4.78 is 0. The Morgan fingerprint density at radius 2 is 2.28 bits per heavy atom. The molecule has 0 aliphatic carbocycles. The van der Waals surface area contributed by atoms with Crippen LogP contribution in [0, 0.1) is 12.3 Å². The van der Waals surface area contributed by atoms with Gasteiger partial charge in [0.2, 0.25) is 5.91 Å². The number of nitrogens with one attached hydrogen (secondary N) is 3. The fraction of sp³-hybridized carbons (Fsp3) is 0.111. The van der Waals surface area contributed by atoms with E-state index in [-0.39, 0.29) is 12.3 Å². The van der Waals surface area contributed by atoms with E-state index < -0.39 is 0 Å². The third-order valence-electron chi connectivity index (χ3n) is 3.07. The number of nitrogens with zero attached hydrogens (tertiary/aromatic N) is 2. The van der Waals surface area contributed by atoms with Crippen molar-refractivity contribution in [2.45, 2.75) is 13.3 Å². The molecule has 128 valence electrons. The lowest BCUT2D eigenvalue weighted by molar-refractivity contribution is -0.119. The maximum Gasteiger partial charge on any atom is 0.230 e. The van der Waals surface area contributed by atoms with Crippen LogP contribution < -0.4 is 10.7 Å². The van der Waals surface area contributed by atoms with Crippen molar-refractivity contribution in [2.24, 2.45) is 5.10 Å². The van der Waals surface area contributed by atoms with Crippen LogP contribution >= 0.6 is 11.3 Å². The second-order valence-corrected chi connectivity index (χ2v) is 6.22. The molecule has 2 heterocycles. The highest BCUT2D eigenvalue weighted by atomic mass is 32.1. The van der Waals surface area contributed by atoms with Crippen LogP contribution in [0.1, 0.15) is 10.6 Å². The van der Waals surface area contributed by atoms with E-state index in [1.807, 2.05) is 31.2 Å². The molecule has 0 aromatic carbocycles. The third-order valence-corrected chi connectivity index (χ3v) is 4.20. The van der Waals surface area contributed by atoms with E-state index in [4.69, 9.17) is 5.41 Å². The number of rotatable bonds is 8. The molecule has 2 aromatic rings. The summed E-state index contributed by atoms with van der Waals surface area (Å²) in [5.41, 5.74) is 4.70. The number of carbonyl (C=O) groups is 1. The molecule has 0 bridgehead atoms. The van der Waals surface area contributed by atoms with Crippen molar-refractivity contribution in [3.8, 4) is 10.4 Å². The molecule has 0 unspecified atom stereocenters. The Balaban J connectivity index is 2.00. The monoisotopic (exact) mass is 353 g/mol. The van der Waals surface area contributed by atoms with Crippen LogP contribution in [0.4, 0.5) is 0 Å². The van der Waals surface area contributed by atoms with Crippen LogP contribution in [0.3, 0.4) is 0 Å². The lowest BCUT2D eigenvalue weighted by Gasteiger charge is -2.07. The molecule has 1 amide bonds. The van der Waals surface area contributed by atoms with Crippen LogP contribution in [0.5, 0.6) is 0 Å². The summed E-state index contributed by atoms with van der Waals surface area (Å²) in [4.78, 5) is 18.5. The highest BCUT2D eigenvalue weighted by molar-refractivity contribution is 7.15. The van der Waals surface area contributed by atoms with Crippen molar-refractivity contribution >= 4 is 29.7 Å². The standard InChI is InChI=1S/C18H19N5OS/c1-3-4-17(23-21-10-8-19)22-18(24)12-15-5-6-16(25-15)14-7-9-20-13(2)11-14/h3-11,19,23H,1,12H2,2H3,(H,22,24)/b17-4-,19-8?,21-10-. The van der Waals surface area contributed by atoms with Gasteiger partial charge in [-0.2, -0.15) is 5.10 Å². The molecular weight excluding hydrogens is 334 g/mol. The molecule has 0 fully saturated rings. The molecule has 0 atom stereocenters. The lowest BCUT2D eigenvalue weighted by Crippen LogP contribution is -2.30. The van der Waals surface area contributed by atoms with Gasteiger partial charge in [0.15, 0.2) is 0 Å². The van der Waals surface area contributed by atoms with Crippen molar-refractivity contribution in [1.29, 1.82) is 5.41 Å². The van der Waals surface area contributed by atoms with Gasteiger partial charge in [0.25, 0.3) is 0 Å². The van der Waals surface area contributed by atoms with Crippen LogP contribution in [-0.4, -0.2) is 23.3 Å². The normalized spacial score (nSPS) is 11.3. The van der Waals surface area contributed by atoms with Crippen LogP contribution in [-0.2, 0) is 11.2 Å². The second kappa shape index (κ2) is 9.29. The zero-order valence-electron chi connectivity index (χ0n) is 13.8. The molecule has 0 saturated carbocycles. The van der Waals surface area contributed by atoms with Gasteiger partial charge in [0.1, 0.15) is 5.82 Å². The van der Waals surface area contributed by atoms with E-state index in [1.165, 1.54) is 12.3 Å². The van der Waals surface area contributed by atoms with E-state index in [9.17, 15) is 4.79 Å². The first-order chi connectivity index (χ1) is 12.1. The van der Waals surface area contributed by atoms with E-state index in [0.29, 0.717) is 5.82 Å². The lowest BCUT2D eigenvalue weighted by atomic mass is 10.2. The number of hydrazone groups is 1. The molecule has 2 rings (SSSR count). The van der Waals surface area contributed by atoms with E-state index in [2.05, 4.69) is 27.4 Å². The quantitative estimate of drug-likeness (QED) is 0.387. The Morgan fingerprint density at radius 1 is 1.44 bits per heavy atom. The Morgan fingerprint density at radius 3 is 3.00 bits per heavy atom. The largest absolute Gasteiger partial charge is 0.311 e. The SMILES string of the molecule is C=C/C=C(\N/N=C\C=N)NC(=O)Cc1ccc(-c2ccnc(C)c2)s1. The summed E-state index contributed by atoms with van der Waals surface area (Å²) in [7, 11) is 0. The van der Waals surface area contributed by atoms with Crippen molar-refractivity contribution < 1.29 is 4.79 Å². The van der Waals surface area contributed by atoms with Crippen LogP contribution in [0.15, 0.2) is 60.1 Å². The van der Waals surface area contributed by atoms with Crippen molar-refractivity contribution in [1.82, 2.24) is 15.7 Å². The minimum atomic E-state index is -0.162. The summed E-state index contributed by atoms with van der Waals surface area (Å²) >= 11 is 1.58. The number of pyridine rings is 1. The van der Waals surface area contributed by atoms with Gasteiger partial charge in [-0.1, -0.05) is 12.7 Å². The van der Waals surface area contributed by atoms with Gasteiger partial charge in [-0.05, 0) is 42.8 Å². The minimum Gasteiger partial charge on any atom is -0.311 e. The van der Waals surface area contributed by atoms with Crippen molar-refractivity contribution in [2.75, 3.05) is 0 Å². The Bertz CT molecular complexity index is 822. The van der Waals surface area contributed by atoms with Gasteiger partial charge in [0, 0.05) is 27.9 Å². The minimum absolute atomic E-state index is 0.162. The fourth-order valence-corrected chi connectivity index (χ4v) is 3.05. The van der Waals surface area contributed by atoms with Gasteiger partial charge in [-0.15, -0.1) is 11.3 Å². The summed E-state index contributed by atoms with van der Waals surface area (Å²) in [5, 5.41) is 13.4. The van der Waals surface area contributed by atoms with Gasteiger partial charge in [0.05, 0.1) is 12.6 Å². The van der Waals surface area contributed by atoms with Gasteiger partial charge in [-0.3, -0.25) is 15.2 Å². The number of allylic oxidation sites excluding steroid dienone is 2. The van der Waals surface area contributed by atoms with Gasteiger partial charge >= 0.3 is 0 Å². The number of amides is 1. The Kier molecular flexibility index (Phi) is 6.79. The third kappa shape index (κ3) is 5.82. The predicted octanol–water partition coefficient (Wildman–Crippen LogP) is 3.03. The molecule has 0 spiro atoms. The molecule has 0 saturated heterocycles. The molecule has 3 N–H and O–H groups in total. The topological polar surface area (TPSA) is 90.2 Å². The first kappa shape index (κ1) is 18.3. The molecule has 0 radical (unpaired) electrons. The van der Waals surface area contributed by atoms with Gasteiger partial charge < -0.3 is 10.7 Å². The molecule has 25 heavy (non-hydrogen) atoms. The molecular formula is C18H19N5OS. The smallest absolute Gasteiger partial charge is 0.230 e. The second-order valence-electron chi connectivity index (χ2n) is 5.05. The van der Waals surface area contributed by atoms with Crippen molar-refractivity contribution in [3.05, 3.63) is 65.6 Å². The van der Waals surface area contributed by atoms with Crippen molar-refractivity contribution in [3.63, 3.8) is 0 Å². The number of aryl methyl sites for hydroxylation is 1. The number of hydrogen-bond donors (Lipinski definition) is 3. The van der Waals surface area contributed by atoms with Crippen LogP contribution in [0.25, 0.3) is 10.4 Å². The number of thiophene rings is 1. The summed E-state index contributed by atoms with van der Waals surface area (Å²) in [5.74, 6) is 0.240. The first-order valence-corrected chi connectivity index (χ1v) is 8.36. The Hall–Kier alpha value is -3.06. The van der Waals surface area contributed by atoms with E-state index >= 15 is 0 Å². The number of aromatic nitrogens is 1. The number of hydrogen-bond acceptors (Lipinski definition) is 6. The fourth-order valence-electron chi connectivity index (χ4n) is 2.05. The molecule has 0 aliphatic heterocycles. The molecule has 7 heteroatoms. The molecule has 2 aromatic heterocycles. The maximum absolute atomic E-state index is 12.2. The molecule has 6 nitrogen and oxygen atoms in total. The first-order valence-electron chi connectivity index (χ1n) is 7.55.